The van der Waals surface area contributed by atoms with Crippen LogP contribution >= 0.6 is 31.9 Å². The van der Waals surface area contributed by atoms with Crippen LogP contribution in [0, 0.1) is 6.92 Å². The smallest absolute Gasteiger partial charge is 0.233 e. The Labute approximate surface area is 209 Å². The molecule has 6 heteroatoms. The number of nitrogens with one attached hydrogen (secondary N) is 1. The predicted octanol–water partition coefficient (Wildman–Crippen LogP) is 6.97. The normalized spacial score (nSPS) is 22.5. The standard InChI is InChI=1S/C27H21Br2NO3/c1-14-19(28)12-20(29)26-23(14)25(27(31)30-26)24-16(10-15-6-2-3-7-18(15)24)11-17-13-32-21-8-4-5-9-22(21)33-17/h2-10,12,17,24-25H,11,13H2,1H3,(H,30,31). The van der Waals surface area contributed by atoms with E-state index in [0.717, 1.165) is 37.3 Å². The van der Waals surface area contributed by atoms with E-state index in [1.807, 2.05) is 36.4 Å². The van der Waals surface area contributed by atoms with Crippen LogP contribution in [-0.2, 0) is 4.79 Å². The van der Waals surface area contributed by atoms with E-state index >= 15 is 0 Å². The second-order valence-corrected chi connectivity index (χ2v) is 10.5. The lowest BCUT2D eigenvalue weighted by Crippen LogP contribution is -2.31. The van der Waals surface area contributed by atoms with Gasteiger partial charge in [-0.3, -0.25) is 4.79 Å². The molecule has 166 valence electrons. The number of halogens is 2. The lowest BCUT2D eigenvalue weighted by molar-refractivity contribution is -0.117. The van der Waals surface area contributed by atoms with Gasteiger partial charge < -0.3 is 14.8 Å². The number of rotatable bonds is 3. The second-order valence-electron chi connectivity index (χ2n) is 8.75. The van der Waals surface area contributed by atoms with Crippen LogP contribution in [-0.4, -0.2) is 18.6 Å². The Morgan fingerprint density at radius 2 is 1.76 bits per heavy atom. The molecule has 0 radical (unpaired) electrons. The Hall–Kier alpha value is -2.57. The van der Waals surface area contributed by atoms with Crippen LogP contribution in [0.4, 0.5) is 5.69 Å². The van der Waals surface area contributed by atoms with Crippen LogP contribution in [0.15, 0.2) is 69.1 Å². The topological polar surface area (TPSA) is 47.6 Å². The zero-order chi connectivity index (χ0) is 22.7. The van der Waals surface area contributed by atoms with Gasteiger partial charge in [0, 0.05) is 21.3 Å². The summed E-state index contributed by atoms with van der Waals surface area (Å²) in [6.07, 6.45) is 2.82. The molecule has 3 aliphatic rings. The van der Waals surface area contributed by atoms with Crippen LogP contribution in [0.1, 0.15) is 40.5 Å². The van der Waals surface area contributed by atoms with E-state index in [1.54, 1.807) is 0 Å². The molecule has 6 rings (SSSR count). The van der Waals surface area contributed by atoms with Crippen molar-refractivity contribution in [1.82, 2.24) is 0 Å². The van der Waals surface area contributed by atoms with Crippen molar-refractivity contribution in [2.45, 2.75) is 31.3 Å². The van der Waals surface area contributed by atoms with Gasteiger partial charge in [-0.05, 0) is 63.3 Å². The van der Waals surface area contributed by atoms with E-state index in [-0.39, 0.29) is 23.8 Å². The highest BCUT2D eigenvalue weighted by molar-refractivity contribution is 9.11. The third-order valence-electron chi connectivity index (χ3n) is 6.80. The molecule has 1 aliphatic carbocycles. The van der Waals surface area contributed by atoms with Gasteiger partial charge in [-0.2, -0.15) is 0 Å². The molecular formula is C27H21Br2NO3. The number of fused-ring (bicyclic) bond motifs is 3. The number of amides is 1. The fourth-order valence-electron chi connectivity index (χ4n) is 5.32. The zero-order valence-electron chi connectivity index (χ0n) is 17.9. The molecule has 33 heavy (non-hydrogen) atoms. The van der Waals surface area contributed by atoms with Crippen LogP contribution < -0.4 is 14.8 Å². The van der Waals surface area contributed by atoms with Crippen molar-refractivity contribution in [3.05, 3.63) is 91.4 Å². The van der Waals surface area contributed by atoms with Gasteiger partial charge in [0.05, 0.1) is 11.6 Å². The van der Waals surface area contributed by atoms with Crippen LogP contribution in [0.2, 0.25) is 0 Å². The summed E-state index contributed by atoms with van der Waals surface area (Å²) in [7, 11) is 0. The average molecular weight is 567 g/mol. The Morgan fingerprint density at radius 3 is 2.61 bits per heavy atom. The minimum absolute atomic E-state index is 0.0330. The highest BCUT2D eigenvalue weighted by Crippen LogP contribution is 2.54. The first-order chi connectivity index (χ1) is 16.0. The highest BCUT2D eigenvalue weighted by Gasteiger charge is 2.44. The number of anilines is 1. The van der Waals surface area contributed by atoms with Crippen molar-refractivity contribution in [2.24, 2.45) is 0 Å². The van der Waals surface area contributed by atoms with E-state index in [2.05, 4.69) is 68.4 Å². The summed E-state index contributed by atoms with van der Waals surface area (Å²) in [6, 6.07) is 18.1. The molecule has 0 fully saturated rings. The van der Waals surface area contributed by atoms with E-state index in [0.29, 0.717) is 13.0 Å². The molecule has 3 unspecified atom stereocenters. The number of ether oxygens (including phenoxy) is 2. The Morgan fingerprint density at radius 1 is 1.00 bits per heavy atom. The van der Waals surface area contributed by atoms with Gasteiger partial charge >= 0.3 is 0 Å². The minimum atomic E-state index is -0.305. The van der Waals surface area contributed by atoms with Crippen LogP contribution in [0.25, 0.3) is 6.08 Å². The number of hydrogen-bond acceptors (Lipinski definition) is 3. The fourth-order valence-corrected chi connectivity index (χ4v) is 6.61. The van der Waals surface area contributed by atoms with Gasteiger partial charge in [-0.15, -0.1) is 0 Å². The molecule has 3 atom stereocenters. The number of carbonyl (C=O) groups is 1. The molecule has 4 nitrogen and oxygen atoms in total. The van der Waals surface area contributed by atoms with Crippen molar-refractivity contribution in [1.29, 1.82) is 0 Å². The number of benzene rings is 3. The van der Waals surface area contributed by atoms with Crippen LogP contribution in [0.5, 0.6) is 11.5 Å². The van der Waals surface area contributed by atoms with Gasteiger partial charge in [-0.1, -0.05) is 64.0 Å². The van der Waals surface area contributed by atoms with E-state index in [1.165, 1.54) is 16.7 Å². The first-order valence-electron chi connectivity index (χ1n) is 11.0. The van der Waals surface area contributed by atoms with Crippen molar-refractivity contribution in [3.8, 4) is 11.5 Å². The maximum atomic E-state index is 13.4. The lowest BCUT2D eigenvalue weighted by Gasteiger charge is -2.30. The van der Waals surface area contributed by atoms with Crippen molar-refractivity contribution >= 4 is 49.5 Å². The fraction of sp³-hybridized carbons (Fsp3) is 0.222. The number of hydrogen-bond donors (Lipinski definition) is 1. The van der Waals surface area contributed by atoms with Crippen molar-refractivity contribution in [3.63, 3.8) is 0 Å². The second kappa shape index (κ2) is 8.03. The Bertz CT molecular complexity index is 1330. The summed E-state index contributed by atoms with van der Waals surface area (Å²) in [6.45, 7) is 2.56. The molecule has 0 bridgehead atoms. The van der Waals surface area contributed by atoms with E-state index in [4.69, 9.17) is 9.47 Å². The number of para-hydroxylation sites is 2. The maximum absolute atomic E-state index is 13.4. The molecule has 0 aromatic heterocycles. The minimum Gasteiger partial charge on any atom is -0.486 e. The summed E-state index contributed by atoms with van der Waals surface area (Å²) in [5.74, 6) is 1.23. The van der Waals surface area contributed by atoms with Gasteiger partial charge in [0.25, 0.3) is 0 Å². The molecule has 0 saturated heterocycles. The first kappa shape index (κ1) is 21.0. The summed E-state index contributed by atoms with van der Waals surface area (Å²) in [5.41, 5.74) is 6.58. The van der Waals surface area contributed by atoms with Gasteiger partial charge in [0.15, 0.2) is 11.5 Å². The maximum Gasteiger partial charge on any atom is 0.233 e. The van der Waals surface area contributed by atoms with E-state index in [9.17, 15) is 4.79 Å². The molecule has 2 heterocycles. The number of carbonyl (C=O) groups excluding carboxylic acids is 1. The summed E-state index contributed by atoms with van der Waals surface area (Å²) in [4.78, 5) is 13.4. The molecule has 1 N–H and O–H groups in total. The largest absolute Gasteiger partial charge is 0.486 e. The molecule has 3 aromatic carbocycles. The molecule has 0 saturated carbocycles. The lowest BCUT2D eigenvalue weighted by atomic mass is 9.77. The van der Waals surface area contributed by atoms with Crippen molar-refractivity contribution < 1.29 is 14.3 Å². The Kier molecular flexibility index (Phi) is 5.11. The molecule has 2 aliphatic heterocycles. The summed E-state index contributed by atoms with van der Waals surface area (Å²) < 4.78 is 14.1. The average Bonchev–Trinajstić information content (AvgIpc) is 3.34. The molecular weight excluding hydrogens is 546 g/mol. The van der Waals surface area contributed by atoms with Gasteiger partial charge in [-0.25, -0.2) is 0 Å². The monoisotopic (exact) mass is 565 g/mol. The zero-order valence-corrected chi connectivity index (χ0v) is 21.1. The third kappa shape index (κ3) is 3.42. The summed E-state index contributed by atoms with van der Waals surface area (Å²) >= 11 is 7.32. The van der Waals surface area contributed by atoms with E-state index < -0.39 is 0 Å². The Balaban J connectivity index is 1.40. The summed E-state index contributed by atoms with van der Waals surface area (Å²) in [5, 5.41) is 3.14. The molecule has 0 spiro atoms. The quantitative estimate of drug-likeness (QED) is 0.372. The SMILES string of the molecule is Cc1c(Br)cc(Br)c2c1C(C1C(CC3COc4ccccc4O3)=Cc3ccccc31)C(=O)N2. The van der Waals surface area contributed by atoms with Crippen molar-refractivity contribution in [2.75, 3.05) is 11.9 Å². The molecule has 1 amide bonds. The third-order valence-corrected chi connectivity index (χ3v) is 8.25. The molecule has 3 aromatic rings. The highest BCUT2D eigenvalue weighted by atomic mass is 79.9. The predicted molar refractivity (Wildman–Crippen MR) is 136 cm³/mol. The van der Waals surface area contributed by atoms with Crippen LogP contribution in [0.3, 0.4) is 0 Å². The van der Waals surface area contributed by atoms with Gasteiger partial charge in [0.1, 0.15) is 12.7 Å². The first-order valence-corrected chi connectivity index (χ1v) is 12.6. The van der Waals surface area contributed by atoms with Gasteiger partial charge in [0.2, 0.25) is 5.91 Å².